The molecule has 0 bridgehead atoms. The predicted octanol–water partition coefficient (Wildman–Crippen LogP) is 2.85. The van der Waals surface area contributed by atoms with Crippen LogP contribution in [0.1, 0.15) is 22.6 Å². The lowest BCUT2D eigenvalue weighted by Crippen LogP contribution is -2.19. The fraction of sp³-hybridized carbons (Fsp3) is 0.333. The first kappa shape index (κ1) is 15.5. The van der Waals surface area contributed by atoms with E-state index in [2.05, 4.69) is 58.6 Å². The van der Waals surface area contributed by atoms with Crippen LogP contribution >= 0.6 is 0 Å². The summed E-state index contributed by atoms with van der Waals surface area (Å²) in [4.78, 5) is 6.55. The van der Waals surface area contributed by atoms with Crippen LogP contribution in [0.2, 0.25) is 0 Å². The standard InChI is InChI=1S/C18H23N5/c1-14-7-8-18(23(14)17-6-5-9-19-11-17)13-21(3)12-16-10-20-22(4)15(16)2/h5-11H,12-13H2,1-4H3. The van der Waals surface area contributed by atoms with Gasteiger partial charge in [-0.25, -0.2) is 0 Å². The Labute approximate surface area is 137 Å². The molecule has 0 aliphatic heterocycles. The number of aromatic nitrogens is 4. The summed E-state index contributed by atoms with van der Waals surface area (Å²) in [6.07, 6.45) is 5.67. The van der Waals surface area contributed by atoms with E-state index < -0.39 is 0 Å². The lowest BCUT2D eigenvalue weighted by Gasteiger charge is -2.19. The number of hydrogen-bond acceptors (Lipinski definition) is 3. The second-order valence-corrected chi connectivity index (χ2v) is 6.06. The van der Waals surface area contributed by atoms with E-state index in [1.165, 1.54) is 22.6 Å². The van der Waals surface area contributed by atoms with Crippen molar-refractivity contribution in [3.8, 4) is 5.69 Å². The second kappa shape index (κ2) is 6.38. The van der Waals surface area contributed by atoms with Crippen LogP contribution < -0.4 is 0 Å². The summed E-state index contributed by atoms with van der Waals surface area (Å²) in [5.41, 5.74) is 6.08. The smallest absolute Gasteiger partial charge is 0.0639 e. The number of rotatable bonds is 5. The molecule has 5 nitrogen and oxygen atoms in total. The van der Waals surface area contributed by atoms with Crippen molar-refractivity contribution in [1.82, 2.24) is 24.2 Å². The lowest BCUT2D eigenvalue weighted by atomic mass is 10.2. The quantitative estimate of drug-likeness (QED) is 0.727. The van der Waals surface area contributed by atoms with Gasteiger partial charge < -0.3 is 4.57 Å². The van der Waals surface area contributed by atoms with Crippen molar-refractivity contribution in [3.05, 3.63) is 65.5 Å². The molecular weight excluding hydrogens is 286 g/mol. The zero-order valence-electron chi connectivity index (χ0n) is 14.2. The Morgan fingerprint density at radius 3 is 2.57 bits per heavy atom. The second-order valence-electron chi connectivity index (χ2n) is 6.06. The van der Waals surface area contributed by atoms with Gasteiger partial charge in [-0.2, -0.15) is 5.10 Å². The fourth-order valence-electron chi connectivity index (χ4n) is 2.89. The van der Waals surface area contributed by atoms with Crippen molar-refractivity contribution in [1.29, 1.82) is 0 Å². The highest BCUT2D eigenvalue weighted by molar-refractivity contribution is 5.35. The van der Waals surface area contributed by atoms with Crippen LogP contribution in [-0.2, 0) is 20.1 Å². The molecule has 0 aromatic carbocycles. The molecule has 0 amide bonds. The van der Waals surface area contributed by atoms with Crippen molar-refractivity contribution >= 4 is 0 Å². The Morgan fingerprint density at radius 2 is 1.91 bits per heavy atom. The molecule has 23 heavy (non-hydrogen) atoms. The average Bonchev–Trinajstić information content (AvgIpc) is 3.05. The van der Waals surface area contributed by atoms with Gasteiger partial charge >= 0.3 is 0 Å². The van der Waals surface area contributed by atoms with Crippen molar-refractivity contribution in [3.63, 3.8) is 0 Å². The van der Waals surface area contributed by atoms with Gasteiger partial charge in [0.05, 0.1) is 18.1 Å². The summed E-state index contributed by atoms with van der Waals surface area (Å²) in [5.74, 6) is 0. The summed E-state index contributed by atoms with van der Waals surface area (Å²) >= 11 is 0. The summed E-state index contributed by atoms with van der Waals surface area (Å²) < 4.78 is 4.19. The summed E-state index contributed by atoms with van der Waals surface area (Å²) in [7, 11) is 4.12. The van der Waals surface area contributed by atoms with Gasteiger partial charge in [0.2, 0.25) is 0 Å². The predicted molar refractivity (Wildman–Crippen MR) is 91.4 cm³/mol. The van der Waals surface area contributed by atoms with Crippen LogP contribution in [0.4, 0.5) is 0 Å². The third-order valence-corrected chi connectivity index (χ3v) is 4.27. The largest absolute Gasteiger partial charge is 0.315 e. The molecule has 3 aromatic heterocycles. The molecule has 0 radical (unpaired) electrons. The molecule has 0 spiro atoms. The molecular formula is C18H23N5. The van der Waals surface area contributed by atoms with E-state index in [-0.39, 0.29) is 0 Å². The van der Waals surface area contributed by atoms with Crippen molar-refractivity contribution < 1.29 is 0 Å². The van der Waals surface area contributed by atoms with Crippen molar-refractivity contribution in [2.45, 2.75) is 26.9 Å². The highest BCUT2D eigenvalue weighted by Gasteiger charge is 2.12. The third kappa shape index (κ3) is 3.19. The van der Waals surface area contributed by atoms with Gasteiger partial charge in [0.25, 0.3) is 0 Å². The Balaban J connectivity index is 1.80. The summed E-state index contributed by atoms with van der Waals surface area (Å²) in [6, 6.07) is 8.41. The van der Waals surface area contributed by atoms with Crippen molar-refractivity contribution in [2.24, 2.45) is 7.05 Å². The lowest BCUT2D eigenvalue weighted by molar-refractivity contribution is 0.312. The fourth-order valence-corrected chi connectivity index (χ4v) is 2.89. The Hall–Kier alpha value is -2.40. The van der Waals surface area contributed by atoms with E-state index in [1.54, 1.807) is 6.20 Å². The van der Waals surface area contributed by atoms with E-state index in [0.717, 1.165) is 18.8 Å². The monoisotopic (exact) mass is 309 g/mol. The highest BCUT2D eigenvalue weighted by Crippen LogP contribution is 2.18. The SMILES string of the molecule is Cc1c(CN(C)Cc2ccc(C)n2-c2cccnc2)cnn1C. The van der Waals surface area contributed by atoms with Crippen LogP contribution in [0.5, 0.6) is 0 Å². The molecule has 3 heterocycles. The number of hydrogen-bond donors (Lipinski definition) is 0. The topological polar surface area (TPSA) is 38.9 Å². The molecule has 5 heteroatoms. The molecule has 0 saturated heterocycles. The minimum Gasteiger partial charge on any atom is -0.315 e. The van der Waals surface area contributed by atoms with Gasteiger partial charge in [-0.05, 0) is 45.2 Å². The Morgan fingerprint density at radius 1 is 1.09 bits per heavy atom. The van der Waals surface area contributed by atoms with E-state index in [4.69, 9.17) is 0 Å². The maximum absolute atomic E-state index is 4.32. The normalized spacial score (nSPS) is 11.3. The number of nitrogens with zero attached hydrogens (tertiary/aromatic N) is 5. The molecule has 0 saturated carbocycles. The minimum absolute atomic E-state index is 0.872. The van der Waals surface area contributed by atoms with Gasteiger partial charge in [-0.3, -0.25) is 14.6 Å². The maximum Gasteiger partial charge on any atom is 0.0639 e. The highest BCUT2D eigenvalue weighted by atomic mass is 15.3. The van der Waals surface area contributed by atoms with Gasteiger partial charge in [0.1, 0.15) is 0 Å². The number of pyridine rings is 1. The first-order valence-electron chi connectivity index (χ1n) is 7.80. The van der Waals surface area contributed by atoms with Gasteiger partial charge in [-0.1, -0.05) is 0 Å². The van der Waals surface area contributed by atoms with Crippen LogP contribution in [0.3, 0.4) is 0 Å². The van der Waals surface area contributed by atoms with Gasteiger partial charge in [-0.15, -0.1) is 0 Å². The molecule has 0 N–H and O–H groups in total. The average molecular weight is 309 g/mol. The van der Waals surface area contributed by atoms with E-state index >= 15 is 0 Å². The first-order chi connectivity index (χ1) is 11.1. The van der Waals surface area contributed by atoms with E-state index in [1.807, 2.05) is 30.2 Å². The molecule has 120 valence electrons. The van der Waals surface area contributed by atoms with Crippen molar-refractivity contribution in [2.75, 3.05) is 7.05 Å². The first-order valence-corrected chi connectivity index (χ1v) is 7.80. The van der Waals surface area contributed by atoms with Crippen LogP contribution in [-0.4, -0.2) is 31.3 Å². The Kier molecular flexibility index (Phi) is 4.30. The summed E-state index contributed by atoms with van der Waals surface area (Å²) in [5, 5.41) is 4.32. The van der Waals surface area contributed by atoms with E-state index in [0.29, 0.717) is 0 Å². The Bertz CT molecular complexity index is 785. The van der Waals surface area contributed by atoms with Crippen LogP contribution in [0.25, 0.3) is 5.69 Å². The van der Waals surface area contributed by atoms with Crippen LogP contribution in [0, 0.1) is 13.8 Å². The zero-order valence-corrected chi connectivity index (χ0v) is 14.2. The summed E-state index contributed by atoms with van der Waals surface area (Å²) in [6.45, 7) is 5.99. The van der Waals surface area contributed by atoms with Crippen LogP contribution in [0.15, 0.2) is 42.9 Å². The number of aryl methyl sites for hydroxylation is 2. The minimum atomic E-state index is 0.872. The third-order valence-electron chi connectivity index (χ3n) is 4.27. The molecule has 0 aliphatic carbocycles. The molecule has 0 aliphatic rings. The van der Waals surface area contributed by atoms with Gasteiger partial charge in [0, 0.05) is 49.0 Å². The molecule has 0 fully saturated rings. The maximum atomic E-state index is 4.32. The molecule has 0 atom stereocenters. The molecule has 0 unspecified atom stereocenters. The molecule has 3 rings (SSSR count). The van der Waals surface area contributed by atoms with E-state index in [9.17, 15) is 0 Å². The zero-order chi connectivity index (χ0) is 16.4. The molecule has 3 aromatic rings. The van der Waals surface area contributed by atoms with Gasteiger partial charge in [0.15, 0.2) is 0 Å².